The van der Waals surface area contributed by atoms with Crippen molar-refractivity contribution in [2.75, 3.05) is 6.54 Å². The van der Waals surface area contributed by atoms with E-state index in [1.165, 1.54) is 23.1 Å². The molecule has 0 aliphatic heterocycles. The number of aryl methyl sites for hydroxylation is 1. The maximum atomic E-state index is 12.5. The summed E-state index contributed by atoms with van der Waals surface area (Å²) in [6, 6.07) is 15.1. The summed E-state index contributed by atoms with van der Waals surface area (Å²) < 4.78 is 7.53. The summed E-state index contributed by atoms with van der Waals surface area (Å²) in [5.41, 5.74) is 3.22. The molecule has 0 unspecified atom stereocenters. The maximum Gasteiger partial charge on any atom is 0.270 e. The van der Waals surface area contributed by atoms with Gasteiger partial charge in [-0.15, -0.1) is 21.5 Å². The average molecular weight is 537 g/mol. The van der Waals surface area contributed by atoms with E-state index in [4.69, 9.17) is 16.0 Å². The highest BCUT2D eigenvalue weighted by atomic mass is 35.5. The molecule has 0 spiro atoms. The minimum Gasteiger partial charge on any atom is -0.461 e. The molecule has 0 aliphatic carbocycles. The Hall–Kier alpha value is -3.47. The predicted octanol–water partition coefficient (Wildman–Crippen LogP) is 5.61. The third kappa shape index (κ3) is 5.51. The second-order valence-corrected chi connectivity index (χ2v) is 10.1. The van der Waals surface area contributed by atoms with Gasteiger partial charge in [-0.1, -0.05) is 35.5 Å². The standard InChI is InChI=1S/C25H21ClN6O2S2/c1-16-7-8-17(26)13-20(16)32-23(21-6-4-12-34-21)30-31-25(32)36-15-22-29-19(14-35-22)24(33)28-11-9-18-5-2-3-10-27-18/h2-8,10,12-14H,9,11,15H2,1H3,(H,28,33). The van der Waals surface area contributed by atoms with Crippen molar-refractivity contribution in [2.45, 2.75) is 24.3 Å². The zero-order valence-corrected chi connectivity index (χ0v) is 21.6. The number of amides is 1. The van der Waals surface area contributed by atoms with Gasteiger partial charge < -0.3 is 9.73 Å². The van der Waals surface area contributed by atoms with Crippen molar-refractivity contribution in [3.63, 3.8) is 0 Å². The number of pyridine rings is 1. The van der Waals surface area contributed by atoms with Crippen LogP contribution in [0.5, 0.6) is 0 Å². The van der Waals surface area contributed by atoms with Crippen LogP contribution in [0.2, 0.25) is 5.02 Å². The zero-order valence-electron chi connectivity index (χ0n) is 19.2. The molecular formula is C25H21ClN6O2S2. The maximum absolute atomic E-state index is 12.5. The summed E-state index contributed by atoms with van der Waals surface area (Å²) in [4.78, 5) is 21.3. The number of furan rings is 1. The van der Waals surface area contributed by atoms with Gasteiger partial charge in [0.2, 0.25) is 5.82 Å². The van der Waals surface area contributed by atoms with E-state index in [9.17, 15) is 4.79 Å². The van der Waals surface area contributed by atoms with Crippen LogP contribution < -0.4 is 5.32 Å². The monoisotopic (exact) mass is 536 g/mol. The van der Waals surface area contributed by atoms with Crippen LogP contribution in [0, 0.1) is 6.92 Å². The van der Waals surface area contributed by atoms with E-state index in [1.807, 2.05) is 60.0 Å². The molecule has 11 heteroatoms. The van der Waals surface area contributed by atoms with E-state index in [-0.39, 0.29) is 5.91 Å². The SMILES string of the molecule is Cc1ccc(Cl)cc1-n1c(SCc2nc(C(=O)NCCc3ccccn3)cs2)nnc1-c1ccco1. The van der Waals surface area contributed by atoms with Gasteiger partial charge in [0.25, 0.3) is 5.91 Å². The van der Waals surface area contributed by atoms with Crippen LogP contribution in [0.1, 0.15) is 26.8 Å². The molecule has 36 heavy (non-hydrogen) atoms. The predicted molar refractivity (Wildman–Crippen MR) is 141 cm³/mol. The van der Waals surface area contributed by atoms with Crippen LogP contribution in [0.4, 0.5) is 0 Å². The quantitative estimate of drug-likeness (QED) is 0.245. The minimum atomic E-state index is -0.198. The summed E-state index contributed by atoms with van der Waals surface area (Å²) in [6.07, 6.45) is 4.01. The second-order valence-electron chi connectivity index (χ2n) is 7.79. The number of carbonyl (C=O) groups is 1. The summed E-state index contributed by atoms with van der Waals surface area (Å²) in [7, 11) is 0. The number of nitrogens with zero attached hydrogens (tertiary/aromatic N) is 5. The van der Waals surface area contributed by atoms with Crippen LogP contribution in [-0.2, 0) is 12.2 Å². The third-order valence-corrected chi connectivity index (χ3v) is 7.50. The van der Waals surface area contributed by atoms with Crippen molar-refractivity contribution in [3.8, 4) is 17.3 Å². The summed E-state index contributed by atoms with van der Waals surface area (Å²) in [5, 5.41) is 15.6. The van der Waals surface area contributed by atoms with Crippen LogP contribution in [0.3, 0.4) is 0 Å². The molecule has 4 aromatic heterocycles. The topological polar surface area (TPSA) is 98.7 Å². The highest BCUT2D eigenvalue weighted by Gasteiger charge is 2.20. The smallest absolute Gasteiger partial charge is 0.270 e. The van der Waals surface area contributed by atoms with Crippen LogP contribution in [-0.4, -0.2) is 37.2 Å². The van der Waals surface area contributed by atoms with Crippen LogP contribution in [0.15, 0.2) is 75.9 Å². The van der Waals surface area contributed by atoms with E-state index in [0.29, 0.717) is 46.2 Å². The van der Waals surface area contributed by atoms with Gasteiger partial charge in [-0.2, -0.15) is 0 Å². The molecule has 182 valence electrons. The molecule has 1 aromatic carbocycles. The highest BCUT2D eigenvalue weighted by molar-refractivity contribution is 7.98. The molecule has 1 N–H and O–H groups in total. The lowest BCUT2D eigenvalue weighted by atomic mass is 10.2. The van der Waals surface area contributed by atoms with Crippen molar-refractivity contribution >= 4 is 40.6 Å². The van der Waals surface area contributed by atoms with Gasteiger partial charge in [-0.25, -0.2) is 4.98 Å². The summed E-state index contributed by atoms with van der Waals surface area (Å²) in [6.45, 7) is 2.50. The van der Waals surface area contributed by atoms with Crippen molar-refractivity contribution in [3.05, 3.63) is 93.4 Å². The fourth-order valence-corrected chi connectivity index (χ4v) is 5.42. The number of hydrogen-bond acceptors (Lipinski definition) is 8. The Morgan fingerprint density at radius 3 is 2.92 bits per heavy atom. The normalized spacial score (nSPS) is 11.1. The molecule has 0 bridgehead atoms. The van der Waals surface area contributed by atoms with Gasteiger partial charge in [0, 0.05) is 35.3 Å². The number of nitrogens with one attached hydrogen (secondary N) is 1. The highest BCUT2D eigenvalue weighted by Crippen LogP contribution is 2.32. The Bertz CT molecular complexity index is 1470. The Morgan fingerprint density at radius 2 is 2.11 bits per heavy atom. The van der Waals surface area contributed by atoms with E-state index in [0.717, 1.165) is 22.0 Å². The van der Waals surface area contributed by atoms with Gasteiger partial charge in [-0.05, 0) is 48.9 Å². The number of carbonyl (C=O) groups excluding carboxylic acids is 1. The van der Waals surface area contributed by atoms with E-state index < -0.39 is 0 Å². The molecule has 5 aromatic rings. The molecule has 0 saturated carbocycles. The Kier molecular flexibility index (Phi) is 7.45. The first-order valence-corrected chi connectivity index (χ1v) is 13.3. The molecule has 5 rings (SSSR count). The molecular weight excluding hydrogens is 516 g/mol. The Labute approximate surface area is 220 Å². The van der Waals surface area contributed by atoms with Crippen LogP contribution >= 0.6 is 34.7 Å². The number of rotatable bonds is 9. The van der Waals surface area contributed by atoms with Crippen LogP contribution in [0.25, 0.3) is 17.3 Å². The molecule has 0 atom stereocenters. The number of hydrogen-bond donors (Lipinski definition) is 1. The fourth-order valence-electron chi connectivity index (χ4n) is 3.52. The summed E-state index contributed by atoms with van der Waals surface area (Å²) >= 11 is 9.22. The van der Waals surface area contributed by atoms with Gasteiger partial charge in [0.15, 0.2) is 10.9 Å². The molecule has 8 nitrogen and oxygen atoms in total. The molecule has 0 fully saturated rings. The molecule has 0 aliphatic rings. The van der Waals surface area contributed by atoms with Crippen molar-refractivity contribution in [2.24, 2.45) is 0 Å². The number of aromatic nitrogens is 5. The second kappa shape index (κ2) is 11.1. The summed E-state index contributed by atoms with van der Waals surface area (Å²) in [5.74, 6) is 1.52. The molecule has 0 radical (unpaired) electrons. The fraction of sp³-hybridized carbons (Fsp3) is 0.160. The first-order chi connectivity index (χ1) is 17.6. The lowest BCUT2D eigenvalue weighted by molar-refractivity contribution is 0.0949. The van der Waals surface area contributed by atoms with E-state index in [1.54, 1.807) is 17.8 Å². The number of halogens is 1. The Morgan fingerprint density at radius 1 is 1.19 bits per heavy atom. The first kappa shape index (κ1) is 24.2. The largest absolute Gasteiger partial charge is 0.461 e. The lowest BCUT2D eigenvalue weighted by Crippen LogP contribution is -2.26. The number of benzene rings is 1. The molecule has 0 saturated heterocycles. The lowest BCUT2D eigenvalue weighted by Gasteiger charge is -2.12. The first-order valence-electron chi connectivity index (χ1n) is 11.1. The number of thiazole rings is 1. The van der Waals surface area contributed by atoms with Crippen molar-refractivity contribution in [1.82, 2.24) is 30.0 Å². The van der Waals surface area contributed by atoms with Gasteiger partial charge in [-0.3, -0.25) is 14.3 Å². The third-order valence-electron chi connectivity index (χ3n) is 5.29. The van der Waals surface area contributed by atoms with E-state index in [2.05, 4.69) is 25.5 Å². The van der Waals surface area contributed by atoms with Gasteiger partial charge >= 0.3 is 0 Å². The average Bonchev–Trinajstić information content (AvgIpc) is 3.65. The van der Waals surface area contributed by atoms with Crippen molar-refractivity contribution < 1.29 is 9.21 Å². The van der Waals surface area contributed by atoms with Gasteiger partial charge in [0.1, 0.15) is 10.7 Å². The van der Waals surface area contributed by atoms with E-state index >= 15 is 0 Å². The minimum absolute atomic E-state index is 0.198. The van der Waals surface area contributed by atoms with Crippen molar-refractivity contribution in [1.29, 1.82) is 0 Å². The number of thioether (sulfide) groups is 1. The molecule has 4 heterocycles. The Balaban J connectivity index is 1.29. The molecule has 1 amide bonds. The zero-order chi connectivity index (χ0) is 24.9. The van der Waals surface area contributed by atoms with Gasteiger partial charge in [0.05, 0.1) is 17.7 Å².